The van der Waals surface area contributed by atoms with E-state index in [1.807, 2.05) is 6.07 Å². The summed E-state index contributed by atoms with van der Waals surface area (Å²) in [5.74, 6) is -0.963. The molecule has 2 aromatic rings. The van der Waals surface area contributed by atoms with Crippen LogP contribution in [0.5, 0.6) is 5.75 Å². The number of carbonyl (C=O) groups excluding carboxylic acids is 1. The molecule has 0 bridgehead atoms. The molecule has 2 rings (SSSR count). The van der Waals surface area contributed by atoms with Crippen LogP contribution in [0.15, 0.2) is 42.5 Å². The van der Waals surface area contributed by atoms with Crippen molar-refractivity contribution in [3.8, 4) is 11.8 Å². The second-order valence-electron chi connectivity index (χ2n) is 4.48. The van der Waals surface area contributed by atoms with Crippen molar-refractivity contribution >= 4 is 17.3 Å². The van der Waals surface area contributed by atoms with Crippen molar-refractivity contribution < 1.29 is 14.8 Å². The molecule has 0 aliphatic carbocycles. The van der Waals surface area contributed by atoms with E-state index in [4.69, 9.17) is 5.26 Å². The molecule has 1 amide bonds. The highest BCUT2D eigenvalue weighted by Crippen LogP contribution is 2.26. The number of non-ortho nitro benzene ring substituents is 1. The van der Waals surface area contributed by atoms with Crippen molar-refractivity contribution in [2.24, 2.45) is 0 Å². The van der Waals surface area contributed by atoms with Gasteiger partial charge in [0.05, 0.1) is 22.1 Å². The van der Waals surface area contributed by atoms with Crippen molar-refractivity contribution in [3.63, 3.8) is 0 Å². The van der Waals surface area contributed by atoms with Crippen LogP contribution in [-0.2, 0) is 0 Å². The summed E-state index contributed by atoms with van der Waals surface area (Å²) in [5, 5.41) is 29.4. The first-order valence-corrected chi connectivity index (χ1v) is 6.19. The predicted molar refractivity (Wildman–Crippen MR) is 78.7 cm³/mol. The van der Waals surface area contributed by atoms with E-state index in [0.717, 1.165) is 18.2 Å². The van der Waals surface area contributed by atoms with Crippen LogP contribution in [0, 0.1) is 21.4 Å². The molecule has 0 aliphatic heterocycles. The summed E-state index contributed by atoms with van der Waals surface area (Å²) in [6.07, 6.45) is 0. The molecule has 0 saturated carbocycles. The second kappa shape index (κ2) is 5.93. The minimum Gasteiger partial charge on any atom is -0.507 e. The molecule has 7 nitrogen and oxygen atoms in total. The number of hydrogen-bond donors (Lipinski definition) is 1. The Morgan fingerprint density at radius 2 is 2.05 bits per heavy atom. The highest BCUT2D eigenvalue weighted by Gasteiger charge is 2.20. The zero-order valence-corrected chi connectivity index (χ0v) is 11.6. The molecule has 0 spiro atoms. The standard InChI is InChI=1S/C15H11N3O4/c1-17(11-4-2-3-10(7-11)9-16)15(20)13-8-12(18(21)22)5-6-14(13)19/h2-8,19H,1H3. The Kier molecular flexibility index (Phi) is 4.04. The van der Waals surface area contributed by atoms with Gasteiger partial charge in [0, 0.05) is 24.9 Å². The Labute approximate surface area is 125 Å². The molecule has 0 unspecified atom stereocenters. The average Bonchev–Trinajstić information content (AvgIpc) is 2.53. The number of aromatic hydroxyl groups is 1. The molecule has 0 aliphatic rings. The predicted octanol–water partition coefficient (Wildman–Crippen LogP) is 2.45. The number of carbonyl (C=O) groups is 1. The average molecular weight is 297 g/mol. The number of amides is 1. The maximum absolute atomic E-state index is 12.4. The van der Waals surface area contributed by atoms with E-state index in [-0.39, 0.29) is 17.0 Å². The van der Waals surface area contributed by atoms with E-state index in [2.05, 4.69) is 0 Å². The number of phenolic OH excluding ortho intramolecular Hbond substituents is 1. The van der Waals surface area contributed by atoms with Crippen LogP contribution in [0.25, 0.3) is 0 Å². The Bertz CT molecular complexity index is 796. The molecular weight excluding hydrogens is 286 g/mol. The Morgan fingerprint density at radius 1 is 1.32 bits per heavy atom. The van der Waals surface area contributed by atoms with Crippen LogP contribution in [0.2, 0.25) is 0 Å². The van der Waals surface area contributed by atoms with Crippen LogP contribution in [0.3, 0.4) is 0 Å². The summed E-state index contributed by atoms with van der Waals surface area (Å²) in [5.41, 5.74) is 0.342. The lowest BCUT2D eigenvalue weighted by Crippen LogP contribution is -2.26. The molecule has 0 atom stereocenters. The normalized spacial score (nSPS) is 9.82. The lowest BCUT2D eigenvalue weighted by Gasteiger charge is -2.18. The molecule has 2 aromatic carbocycles. The highest BCUT2D eigenvalue weighted by molar-refractivity contribution is 6.07. The van der Waals surface area contributed by atoms with E-state index < -0.39 is 10.8 Å². The number of nitriles is 1. The van der Waals surface area contributed by atoms with Crippen molar-refractivity contribution in [3.05, 3.63) is 63.7 Å². The van der Waals surface area contributed by atoms with Gasteiger partial charge in [-0.05, 0) is 24.3 Å². The SMILES string of the molecule is CN(C(=O)c1cc([N+](=O)[O-])ccc1O)c1cccc(C#N)c1. The van der Waals surface area contributed by atoms with E-state index in [0.29, 0.717) is 11.3 Å². The molecule has 0 aromatic heterocycles. The monoisotopic (exact) mass is 297 g/mol. The van der Waals surface area contributed by atoms with Crippen LogP contribution < -0.4 is 4.90 Å². The quantitative estimate of drug-likeness (QED) is 0.691. The Balaban J connectivity index is 2.40. The van der Waals surface area contributed by atoms with Gasteiger partial charge in [-0.25, -0.2) is 0 Å². The van der Waals surface area contributed by atoms with Crippen LogP contribution >= 0.6 is 0 Å². The third-order valence-corrected chi connectivity index (χ3v) is 3.09. The van der Waals surface area contributed by atoms with Crippen LogP contribution in [0.1, 0.15) is 15.9 Å². The number of anilines is 1. The van der Waals surface area contributed by atoms with E-state index in [1.165, 1.54) is 18.0 Å². The zero-order chi connectivity index (χ0) is 16.3. The number of hydrogen-bond acceptors (Lipinski definition) is 5. The highest BCUT2D eigenvalue weighted by atomic mass is 16.6. The van der Waals surface area contributed by atoms with Crippen LogP contribution in [0.4, 0.5) is 11.4 Å². The van der Waals surface area contributed by atoms with E-state index in [9.17, 15) is 20.0 Å². The van der Waals surface area contributed by atoms with Gasteiger partial charge in [0.15, 0.2) is 0 Å². The second-order valence-corrected chi connectivity index (χ2v) is 4.48. The fourth-order valence-corrected chi connectivity index (χ4v) is 1.89. The van der Waals surface area contributed by atoms with Gasteiger partial charge in [0.2, 0.25) is 0 Å². The number of rotatable bonds is 3. The molecule has 0 heterocycles. The van der Waals surface area contributed by atoms with Gasteiger partial charge in [-0.1, -0.05) is 6.07 Å². The lowest BCUT2D eigenvalue weighted by molar-refractivity contribution is -0.384. The molecule has 1 N–H and O–H groups in total. The zero-order valence-electron chi connectivity index (χ0n) is 11.6. The fraction of sp³-hybridized carbons (Fsp3) is 0.0667. The van der Waals surface area contributed by atoms with E-state index in [1.54, 1.807) is 18.2 Å². The number of nitrogens with zero attached hydrogens (tertiary/aromatic N) is 3. The van der Waals surface area contributed by atoms with Crippen molar-refractivity contribution in [2.45, 2.75) is 0 Å². The van der Waals surface area contributed by atoms with Gasteiger partial charge in [0.25, 0.3) is 11.6 Å². The number of nitro benzene ring substituents is 1. The van der Waals surface area contributed by atoms with Gasteiger partial charge in [-0.2, -0.15) is 5.26 Å². The summed E-state index contributed by atoms with van der Waals surface area (Å²) in [4.78, 5) is 23.7. The molecule has 22 heavy (non-hydrogen) atoms. The Morgan fingerprint density at radius 3 is 2.68 bits per heavy atom. The summed E-state index contributed by atoms with van der Waals surface area (Å²) in [6.45, 7) is 0. The van der Waals surface area contributed by atoms with Crippen LogP contribution in [-0.4, -0.2) is 23.0 Å². The number of benzene rings is 2. The van der Waals surface area contributed by atoms with Gasteiger partial charge in [-0.15, -0.1) is 0 Å². The minimum absolute atomic E-state index is 0.181. The summed E-state index contributed by atoms with van der Waals surface area (Å²) >= 11 is 0. The van der Waals surface area contributed by atoms with E-state index >= 15 is 0 Å². The topological polar surface area (TPSA) is 107 Å². The first-order chi connectivity index (χ1) is 10.4. The van der Waals surface area contributed by atoms with Gasteiger partial charge < -0.3 is 10.0 Å². The molecule has 0 fully saturated rings. The maximum Gasteiger partial charge on any atom is 0.270 e. The van der Waals surface area contributed by atoms with Crippen molar-refractivity contribution in [2.75, 3.05) is 11.9 Å². The summed E-state index contributed by atoms with van der Waals surface area (Å²) < 4.78 is 0. The number of phenols is 1. The first kappa shape index (κ1) is 15.0. The molecule has 0 saturated heterocycles. The first-order valence-electron chi connectivity index (χ1n) is 6.19. The molecule has 7 heteroatoms. The largest absolute Gasteiger partial charge is 0.507 e. The van der Waals surface area contributed by atoms with Gasteiger partial charge in [0.1, 0.15) is 5.75 Å². The third-order valence-electron chi connectivity index (χ3n) is 3.09. The lowest BCUT2D eigenvalue weighted by atomic mass is 10.1. The Hall–Kier alpha value is -3.40. The smallest absolute Gasteiger partial charge is 0.270 e. The minimum atomic E-state index is -0.646. The molecular formula is C15H11N3O4. The third kappa shape index (κ3) is 2.86. The maximum atomic E-state index is 12.4. The number of nitro groups is 1. The summed E-state index contributed by atoms with van der Waals surface area (Å²) in [7, 11) is 1.46. The molecule has 0 radical (unpaired) electrons. The summed E-state index contributed by atoms with van der Waals surface area (Å²) in [6, 6.07) is 11.5. The van der Waals surface area contributed by atoms with Gasteiger partial charge >= 0.3 is 0 Å². The van der Waals surface area contributed by atoms with Crippen molar-refractivity contribution in [1.82, 2.24) is 0 Å². The van der Waals surface area contributed by atoms with Gasteiger partial charge in [-0.3, -0.25) is 14.9 Å². The fourth-order valence-electron chi connectivity index (χ4n) is 1.89. The van der Waals surface area contributed by atoms with Crippen molar-refractivity contribution in [1.29, 1.82) is 5.26 Å². The molecule has 110 valence electrons.